The molecule has 1 aromatic carbocycles. The third-order valence-electron chi connectivity index (χ3n) is 3.53. The summed E-state index contributed by atoms with van der Waals surface area (Å²) in [6, 6.07) is 10.6. The summed E-state index contributed by atoms with van der Waals surface area (Å²) in [7, 11) is 0. The number of nitrogens with one attached hydrogen (secondary N) is 1. The van der Waals surface area contributed by atoms with Crippen LogP contribution in [0.3, 0.4) is 0 Å². The zero-order chi connectivity index (χ0) is 13.9. The molecule has 0 atom stereocenters. The number of nitrogens with zero attached hydrogens (tertiary/aromatic N) is 3. The molecular weight excluding hydrogens is 248 g/mol. The SMILES string of the molecule is CCNc1cc(C)nc(CN2Cc3ccccc3C2)n1. The second-order valence-corrected chi connectivity index (χ2v) is 5.25. The van der Waals surface area contributed by atoms with Crippen molar-refractivity contribution in [2.75, 3.05) is 11.9 Å². The van der Waals surface area contributed by atoms with Gasteiger partial charge in [0, 0.05) is 31.4 Å². The summed E-state index contributed by atoms with van der Waals surface area (Å²) < 4.78 is 0. The highest BCUT2D eigenvalue weighted by Crippen LogP contribution is 2.23. The van der Waals surface area contributed by atoms with Gasteiger partial charge in [0.1, 0.15) is 11.6 Å². The van der Waals surface area contributed by atoms with E-state index in [0.717, 1.165) is 43.5 Å². The van der Waals surface area contributed by atoms with Gasteiger partial charge in [-0.15, -0.1) is 0 Å². The number of hydrogen-bond acceptors (Lipinski definition) is 4. The van der Waals surface area contributed by atoms with E-state index in [1.807, 2.05) is 13.0 Å². The van der Waals surface area contributed by atoms with Crippen molar-refractivity contribution in [2.45, 2.75) is 33.5 Å². The molecule has 0 saturated carbocycles. The van der Waals surface area contributed by atoms with Gasteiger partial charge in [0.2, 0.25) is 0 Å². The van der Waals surface area contributed by atoms with Crippen LogP contribution in [-0.4, -0.2) is 21.4 Å². The second kappa shape index (κ2) is 5.59. The molecule has 2 aromatic rings. The zero-order valence-corrected chi connectivity index (χ0v) is 12.1. The standard InChI is InChI=1S/C16H20N4/c1-3-17-15-8-12(2)18-16(19-15)11-20-9-13-6-4-5-7-14(13)10-20/h4-8H,3,9-11H2,1-2H3,(H,17,18,19). The minimum atomic E-state index is 0.800. The molecular formula is C16H20N4. The molecule has 0 spiro atoms. The number of rotatable bonds is 4. The first kappa shape index (κ1) is 13.1. The molecule has 1 aliphatic rings. The van der Waals surface area contributed by atoms with Crippen molar-refractivity contribution in [1.29, 1.82) is 0 Å². The number of aromatic nitrogens is 2. The van der Waals surface area contributed by atoms with E-state index in [2.05, 4.69) is 51.4 Å². The number of benzene rings is 1. The summed E-state index contributed by atoms with van der Waals surface area (Å²) in [5.74, 6) is 1.82. The molecule has 104 valence electrons. The summed E-state index contributed by atoms with van der Waals surface area (Å²) in [6.45, 7) is 7.76. The van der Waals surface area contributed by atoms with Crippen LogP contribution in [0.25, 0.3) is 0 Å². The average molecular weight is 268 g/mol. The van der Waals surface area contributed by atoms with Crippen LogP contribution in [0, 0.1) is 6.92 Å². The highest BCUT2D eigenvalue weighted by Gasteiger charge is 2.19. The Morgan fingerprint density at radius 1 is 1.15 bits per heavy atom. The summed E-state index contributed by atoms with van der Waals surface area (Å²) in [6.07, 6.45) is 0. The molecule has 0 radical (unpaired) electrons. The summed E-state index contributed by atoms with van der Waals surface area (Å²) in [4.78, 5) is 11.5. The first-order chi connectivity index (χ1) is 9.74. The van der Waals surface area contributed by atoms with E-state index in [-0.39, 0.29) is 0 Å². The second-order valence-electron chi connectivity index (χ2n) is 5.25. The highest BCUT2D eigenvalue weighted by molar-refractivity contribution is 5.35. The summed E-state index contributed by atoms with van der Waals surface area (Å²) in [5.41, 5.74) is 3.86. The van der Waals surface area contributed by atoms with Gasteiger partial charge in [-0.05, 0) is 25.0 Å². The van der Waals surface area contributed by atoms with Crippen LogP contribution in [0.15, 0.2) is 30.3 Å². The van der Waals surface area contributed by atoms with Crippen LogP contribution in [0.4, 0.5) is 5.82 Å². The lowest BCUT2D eigenvalue weighted by Gasteiger charge is -2.14. The molecule has 4 nitrogen and oxygen atoms in total. The fourth-order valence-electron chi connectivity index (χ4n) is 2.69. The molecule has 0 amide bonds. The third kappa shape index (κ3) is 2.80. The van der Waals surface area contributed by atoms with Crippen molar-refractivity contribution in [3.63, 3.8) is 0 Å². The van der Waals surface area contributed by atoms with Gasteiger partial charge in [0.05, 0.1) is 6.54 Å². The number of hydrogen-bond donors (Lipinski definition) is 1. The van der Waals surface area contributed by atoms with E-state index < -0.39 is 0 Å². The molecule has 4 heteroatoms. The van der Waals surface area contributed by atoms with Crippen molar-refractivity contribution in [1.82, 2.24) is 14.9 Å². The van der Waals surface area contributed by atoms with Gasteiger partial charge in [-0.3, -0.25) is 4.90 Å². The van der Waals surface area contributed by atoms with Crippen molar-refractivity contribution in [2.24, 2.45) is 0 Å². The van der Waals surface area contributed by atoms with Crippen molar-refractivity contribution >= 4 is 5.82 Å². The van der Waals surface area contributed by atoms with Gasteiger partial charge in [0.25, 0.3) is 0 Å². The number of fused-ring (bicyclic) bond motifs is 1. The summed E-state index contributed by atoms with van der Waals surface area (Å²) in [5, 5.41) is 3.26. The Kier molecular flexibility index (Phi) is 3.65. The molecule has 0 saturated heterocycles. The van der Waals surface area contributed by atoms with Gasteiger partial charge in [0.15, 0.2) is 0 Å². The monoisotopic (exact) mass is 268 g/mol. The Bertz CT molecular complexity index is 584. The van der Waals surface area contributed by atoms with Crippen LogP contribution in [0.2, 0.25) is 0 Å². The first-order valence-corrected chi connectivity index (χ1v) is 7.12. The van der Waals surface area contributed by atoms with Crippen molar-refractivity contribution in [3.05, 3.63) is 53.0 Å². The molecule has 20 heavy (non-hydrogen) atoms. The Morgan fingerprint density at radius 3 is 2.50 bits per heavy atom. The molecule has 1 N–H and O–H groups in total. The van der Waals surface area contributed by atoms with Crippen LogP contribution in [0.5, 0.6) is 0 Å². The topological polar surface area (TPSA) is 41.1 Å². The minimum absolute atomic E-state index is 0.800. The van der Waals surface area contributed by atoms with E-state index in [4.69, 9.17) is 0 Å². The normalized spacial score (nSPS) is 14.3. The predicted octanol–water partition coefficient (Wildman–Crippen LogP) is 2.73. The Balaban J connectivity index is 1.73. The molecule has 0 bridgehead atoms. The number of anilines is 1. The molecule has 1 aromatic heterocycles. The van der Waals surface area contributed by atoms with Gasteiger partial charge >= 0.3 is 0 Å². The Hall–Kier alpha value is -1.94. The quantitative estimate of drug-likeness (QED) is 0.925. The fourth-order valence-corrected chi connectivity index (χ4v) is 2.69. The van der Waals surface area contributed by atoms with Crippen molar-refractivity contribution < 1.29 is 0 Å². The smallest absolute Gasteiger partial charge is 0.144 e. The van der Waals surface area contributed by atoms with Crippen molar-refractivity contribution in [3.8, 4) is 0 Å². The maximum absolute atomic E-state index is 4.59. The van der Waals surface area contributed by atoms with Gasteiger partial charge in [-0.25, -0.2) is 9.97 Å². The van der Waals surface area contributed by atoms with Crippen LogP contribution in [-0.2, 0) is 19.6 Å². The molecule has 0 aliphatic carbocycles. The van der Waals surface area contributed by atoms with E-state index in [1.165, 1.54) is 11.1 Å². The third-order valence-corrected chi connectivity index (χ3v) is 3.53. The maximum atomic E-state index is 4.59. The molecule has 2 heterocycles. The van der Waals surface area contributed by atoms with Crippen LogP contribution < -0.4 is 5.32 Å². The molecule has 1 aliphatic heterocycles. The predicted molar refractivity (Wildman–Crippen MR) is 80.3 cm³/mol. The highest BCUT2D eigenvalue weighted by atomic mass is 15.2. The Morgan fingerprint density at radius 2 is 1.85 bits per heavy atom. The molecule has 0 fully saturated rings. The fraction of sp³-hybridized carbons (Fsp3) is 0.375. The zero-order valence-electron chi connectivity index (χ0n) is 12.1. The van der Waals surface area contributed by atoms with E-state index >= 15 is 0 Å². The largest absolute Gasteiger partial charge is 0.370 e. The van der Waals surface area contributed by atoms with E-state index in [9.17, 15) is 0 Å². The first-order valence-electron chi connectivity index (χ1n) is 7.12. The van der Waals surface area contributed by atoms with Crippen LogP contribution >= 0.6 is 0 Å². The van der Waals surface area contributed by atoms with Gasteiger partial charge < -0.3 is 5.32 Å². The maximum Gasteiger partial charge on any atom is 0.144 e. The van der Waals surface area contributed by atoms with Crippen LogP contribution in [0.1, 0.15) is 29.6 Å². The van der Waals surface area contributed by atoms with E-state index in [0.29, 0.717) is 0 Å². The van der Waals surface area contributed by atoms with Gasteiger partial charge in [-0.1, -0.05) is 24.3 Å². The lowest BCUT2D eigenvalue weighted by Crippen LogP contribution is -2.18. The Labute approximate surface area is 119 Å². The summed E-state index contributed by atoms with van der Waals surface area (Å²) >= 11 is 0. The molecule has 0 unspecified atom stereocenters. The van der Waals surface area contributed by atoms with E-state index in [1.54, 1.807) is 0 Å². The lowest BCUT2D eigenvalue weighted by atomic mass is 10.1. The van der Waals surface area contributed by atoms with Gasteiger partial charge in [-0.2, -0.15) is 0 Å². The average Bonchev–Trinajstić information content (AvgIpc) is 2.80. The lowest BCUT2D eigenvalue weighted by molar-refractivity contribution is 0.268. The molecule has 3 rings (SSSR count). The number of aryl methyl sites for hydroxylation is 1. The minimum Gasteiger partial charge on any atom is -0.370 e.